The number of hydrogen-bond donors (Lipinski definition) is 5. The third kappa shape index (κ3) is 8.52. The first-order valence-electron chi connectivity index (χ1n) is 12.1. The van der Waals surface area contributed by atoms with Crippen LogP contribution in [0, 0.1) is 0 Å². The second kappa shape index (κ2) is 13.8. The number of hydrogen-bond acceptors (Lipinski definition) is 9. The fourth-order valence-electron chi connectivity index (χ4n) is 3.88. The Labute approximate surface area is 232 Å². The number of halogens is 5. The quantitative estimate of drug-likeness (QED) is 0.148. The van der Waals surface area contributed by atoms with E-state index in [4.69, 9.17) is 39.1 Å². The number of aryl methyl sites for hydroxylation is 1. The van der Waals surface area contributed by atoms with Gasteiger partial charge in [-0.2, -0.15) is 13.2 Å². The summed E-state index contributed by atoms with van der Waals surface area (Å²) in [5, 5.41) is 25.0. The normalized spacial score (nSPS) is 16.0. The van der Waals surface area contributed by atoms with Gasteiger partial charge in [0.15, 0.2) is 11.8 Å². The molecule has 214 valence electrons. The number of ether oxygens (including phenoxy) is 1. The van der Waals surface area contributed by atoms with Crippen molar-refractivity contribution in [3.05, 3.63) is 64.0 Å². The van der Waals surface area contributed by atoms with E-state index in [0.29, 0.717) is 12.8 Å². The van der Waals surface area contributed by atoms with Crippen LogP contribution in [0.3, 0.4) is 0 Å². The lowest BCUT2D eigenvalue weighted by Crippen LogP contribution is -2.56. The second-order valence-corrected chi connectivity index (χ2v) is 9.75. The molecule has 3 rings (SSSR count). The number of aliphatic hydroxyl groups is 2. The summed E-state index contributed by atoms with van der Waals surface area (Å²) in [5.74, 6) is -2.73. The minimum Gasteiger partial charge on any atom is -0.438 e. The predicted molar refractivity (Wildman–Crippen MR) is 139 cm³/mol. The van der Waals surface area contributed by atoms with E-state index < -0.39 is 42.7 Å². The van der Waals surface area contributed by atoms with Gasteiger partial charge in [-0.05, 0) is 43.9 Å². The van der Waals surface area contributed by atoms with Gasteiger partial charge in [0.05, 0.1) is 10.0 Å². The third-order valence-corrected chi connectivity index (χ3v) is 6.72. The van der Waals surface area contributed by atoms with Gasteiger partial charge < -0.3 is 30.8 Å². The highest BCUT2D eigenvalue weighted by atomic mass is 35.5. The smallest absolute Gasteiger partial charge is 0.438 e. The first-order chi connectivity index (χ1) is 18.4. The molecule has 0 aliphatic rings. The van der Waals surface area contributed by atoms with Gasteiger partial charge in [0, 0.05) is 18.2 Å². The van der Waals surface area contributed by atoms with Crippen LogP contribution in [0.4, 0.5) is 13.2 Å². The van der Waals surface area contributed by atoms with E-state index in [1.54, 1.807) is 12.1 Å². The summed E-state index contributed by atoms with van der Waals surface area (Å²) in [6, 6.07) is 9.70. The van der Waals surface area contributed by atoms with Crippen molar-refractivity contribution in [3.8, 4) is 0 Å². The van der Waals surface area contributed by atoms with Gasteiger partial charge in [0.2, 0.25) is 5.89 Å². The molecule has 9 nitrogen and oxygen atoms in total. The molecule has 14 heteroatoms. The molecule has 3 aromatic rings. The Hall–Kier alpha value is -2.45. The van der Waals surface area contributed by atoms with Crippen molar-refractivity contribution in [1.82, 2.24) is 10.3 Å². The summed E-state index contributed by atoms with van der Waals surface area (Å²) >= 11 is 12.1. The number of oxazole rings is 1. The number of carbonyl (C=O) groups excluding carboxylic acids is 1. The zero-order valence-corrected chi connectivity index (χ0v) is 22.1. The molecule has 0 saturated heterocycles. The maximum atomic E-state index is 13.1. The van der Waals surface area contributed by atoms with Crippen molar-refractivity contribution in [2.75, 3.05) is 6.54 Å². The first kappa shape index (κ1) is 31.1. The first-order valence-corrected chi connectivity index (χ1v) is 12.8. The van der Waals surface area contributed by atoms with Crippen LogP contribution in [0.15, 0.2) is 46.9 Å². The van der Waals surface area contributed by atoms with E-state index in [-0.39, 0.29) is 46.4 Å². The van der Waals surface area contributed by atoms with Crippen LogP contribution >= 0.6 is 23.2 Å². The zero-order chi connectivity index (χ0) is 28.7. The van der Waals surface area contributed by atoms with Crippen molar-refractivity contribution in [3.63, 3.8) is 0 Å². The van der Waals surface area contributed by atoms with Crippen LogP contribution in [0.25, 0.3) is 11.1 Å². The Morgan fingerprint density at radius 1 is 1.13 bits per heavy atom. The van der Waals surface area contributed by atoms with E-state index in [1.165, 1.54) is 12.1 Å². The topological polar surface area (TPSA) is 157 Å². The third-order valence-electron chi connectivity index (χ3n) is 6.00. The largest absolute Gasteiger partial charge is 0.490 e. The number of esters is 1. The number of carbonyl (C=O) groups is 1. The Morgan fingerprint density at radius 2 is 1.79 bits per heavy atom. The van der Waals surface area contributed by atoms with Crippen molar-refractivity contribution >= 4 is 40.3 Å². The van der Waals surface area contributed by atoms with Crippen molar-refractivity contribution in [1.29, 1.82) is 0 Å². The molecule has 1 unspecified atom stereocenters. The lowest BCUT2D eigenvalue weighted by atomic mass is 9.99. The van der Waals surface area contributed by atoms with Crippen LogP contribution in [0.1, 0.15) is 36.8 Å². The van der Waals surface area contributed by atoms with E-state index in [2.05, 4.69) is 15.0 Å². The van der Waals surface area contributed by atoms with Crippen LogP contribution in [-0.4, -0.2) is 58.3 Å². The standard InChI is InChI=1S/C25H29Cl2F3N4O5/c26-14-11-18-19(12-15(14)27)38-23(34-18)21(36)17(9-8-13-5-2-1-3-6-13)33-22(39-24(37)25(28,29)30)20(35)16(32)7-4-10-31/h1-3,5-6,11-12,16-17,20-22,33,35-36H,4,7-10,31-32H2/t16-,17-,20-,21-,22?/m1/s1. The highest BCUT2D eigenvalue weighted by Crippen LogP contribution is 2.31. The van der Waals surface area contributed by atoms with Gasteiger partial charge in [0.25, 0.3) is 0 Å². The molecule has 5 atom stereocenters. The molecule has 0 radical (unpaired) electrons. The fraction of sp³-hybridized carbons (Fsp3) is 0.440. The lowest BCUT2D eigenvalue weighted by molar-refractivity contribution is -0.213. The number of rotatable bonds is 13. The average Bonchev–Trinajstić information content (AvgIpc) is 3.30. The van der Waals surface area contributed by atoms with Crippen LogP contribution in [-0.2, 0) is 16.0 Å². The molecule has 1 aromatic heterocycles. The number of alkyl halides is 3. The highest BCUT2D eigenvalue weighted by Gasteiger charge is 2.44. The molecule has 0 fully saturated rings. The van der Waals surface area contributed by atoms with Crippen molar-refractivity contribution in [2.24, 2.45) is 11.5 Å². The van der Waals surface area contributed by atoms with E-state index in [0.717, 1.165) is 5.56 Å². The summed E-state index contributed by atoms with van der Waals surface area (Å²) in [4.78, 5) is 16.0. The SMILES string of the molecule is NCCC[C@@H](N)[C@@H](O)C(N[C@H](CCc1ccccc1)[C@@H](O)c1nc2cc(Cl)c(Cl)cc2o1)OC(=O)C(F)(F)F. The lowest BCUT2D eigenvalue weighted by Gasteiger charge is -2.33. The molecular weight excluding hydrogens is 564 g/mol. The van der Waals surface area contributed by atoms with Gasteiger partial charge >= 0.3 is 12.1 Å². The number of nitrogens with one attached hydrogen (secondary N) is 1. The van der Waals surface area contributed by atoms with Gasteiger partial charge in [-0.3, -0.25) is 5.32 Å². The van der Waals surface area contributed by atoms with E-state index in [9.17, 15) is 28.2 Å². The minimum atomic E-state index is -5.34. The zero-order valence-electron chi connectivity index (χ0n) is 20.6. The van der Waals surface area contributed by atoms with Gasteiger partial charge in [-0.25, -0.2) is 9.78 Å². The maximum Gasteiger partial charge on any atom is 0.490 e. The molecule has 0 bridgehead atoms. The molecule has 7 N–H and O–H groups in total. The number of nitrogens with two attached hydrogens (primary N) is 2. The molecule has 0 aliphatic carbocycles. The second-order valence-electron chi connectivity index (χ2n) is 8.94. The highest BCUT2D eigenvalue weighted by molar-refractivity contribution is 6.42. The molecular formula is C25H29Cl2F3N4O5. The summed E-state index contributed by atoms with van der Waals surface area (Å²) in [7, 11) is 0. The Kier molecular flexibility index (Phi) is 11.0. The van der Waals surface area contributed by atoms with Crippen molar-refractivity contribution < 1.29 is 37.3 Å². The molecule has 0 amide bonds. The summed E-state index contributed by atoms with van der Waals surface area (Å²) in [6.07, 6.45) is -9.63. The molecule has 39 heavy (non-hydrogen) atoms. The summed E-state index contributed by atoms with van der Waals surface area (Å²) in [5.41, 5.74) is 12.8. The van der Waals surface area contributed by atoms with Gasteiger partial charge in [-0.15, -0.1) is 0 Å². The molecule has 0 aliphatic heterocycles. The van der Waals surface area contributed by atoms with E-state index in [1.807, 2.05) is 18.2 Å². The van der Waals surface area contributed by atoms with E-state index >= 15 is 0 Å². The van der Waals surface area contributed by atoms with Crippen LogP contribution in [0.5, 0.6) is 0 Å². The van der Waals surface area contributed by atoms with Crippen molar-refractivity contribution in [2.45, 2.75) is 62.4 Å². The number of nitrogens with zero attached hydrogens (tertiary/aromatic N) is 1. The molecule has 0 saturated carbocycles. The maximum absolute atomic E-state index is 13.1. The molecule has 0 spiro atoms. The van der Waals surface area contributed by atoms with Crippen LogP contribution < -0.4 is 16.8 Å². The number of fused-ring (bicyclic) bond motifs is 1. The van der Waals surface area contributed by atoms with Gasteiger partial charge in [0.1, 0.15) is 17.7 Å². The Morgan fingerprint density at radius 3 is 2.44 bits per heavy atom. The predicted octanol–water partition coefficient (Wildman–Crippen LogP) is 3.62. The average molecular weight is 593 g/mol. The van der Waals surface area contributed by atoms with Crippen LogP contribution in [0.2, 0.25) is 10.0 Å². The summed E-state index contributed by atoms with van der Waals surface area (Å²) < 4.78 is 49.4. The number of benzene rings is 2. The monoisotopic (exact) mass is 592 g/mol. The number of aliphatic hydroxyl groups excluding tert-OH is 2. The molecule has 2 aromatic carbocycles. The Bertz CT molecular complexity index is 1190. The fourth-order valence-corrected chi connectivity index (χ4v) is 4.20. The Balaban J connectivity index is 1.93. The summed E-state index contributed by atoms with van der Waals surface area (Å²) in [6.45, 7) is 0.227. The van der Waals surface area contributed by atoms with Gasteiger partial charge in [-0.1, -0.05) is 53.5 Å². The molecule has 1 heterocycles. The minimum absolute atomic E-state index is 0.107. The number of aromatic nitrogens is 1.